The summed E-state index contributed by atoms with van der Waals surface area (Å²) < 4.78 is 5.46. The van der Waals surface area contributed by atoms with Crippen LogP contribution in [0.25, 0.3) is 0 Å². The topological polar surface area (TPSA) is 100.0 Å². The van der Waals surface area contributed by atoms with Crippen molar-refractivity contribution in [3.63, 3.8) is 0 Å². The molecular formula is C13H16N2O5. The first kappa shape index (κ1) is 14.4. The van der Waals surface area contributed by atoms with Gasteiger partial charge in [-0.1, -0.05) is 0 Å². The van der Waals surface area contributed by atoms with E-state index < -0.39 is 12.1 Å². The van der Waals surface area contributed by atoms with Crippen LogP contribution in [0.3, 0.4) is 0 Å². The molecule has 7 nitrogen and oxygen atoms in total. The van der Waals surface area contributed by atoms with Gasteiger partial charge in [-0.3, -0.25) is 4.79 Å². The van der Waals surface area contributed by atoms with Crippen molar-refractivity contribution >= 4 is 11.9 Å². The summed E-state index contributed by atoms with van der Waals surface area (Å²) in [5.41, 5.74) is 0.0963. The zero-order valence-corrected chi connectivity index (χ0v) is 11.0. The summed E-state index contributed by atoms with van der Waals surface area (Å²) in [6, 6.07) is 2.72. The van der Waals surface area contributed by atoms with Crippen molar-refractivity contribution in [2.45, 2.75) is 19.1 Å². The Morgan fingerprint density at radius 1 is 1.50 bits per heavy atom. The van der Waals surface area contributed by atoms with Crippen molar-refractivity contribution < 1.29 is 24.5 Å². The van der Waals surface area contributed by atoms with E-state index in [9.17, 15) is 9.59 Å². The number of hydrogen-bond donors (Lipinski definition) is 2. The average Bonchev–Trinajstić information content (AvgIpc) is 2.45. The van der Waals surface area contributed by atoms with E-state index in [1.807, 2.05) is 6.92 Å². The lowest BCUT2D eigenvalue weighted by Crippen LogP contribution is -2.50. The van der Waals surface area contributed by atoms with Gasteiger partial charge >= 0.3 is 5.97 Å². The Bertz CT molecular complexity index is 519. The number of carbonyl (C=O) groups is 2. The molecule has 1 aliphatic rings. The quantitative estimate of drug-likeness (QED) is 0.808. The van der Waals surface area contributed by atoms with E-state index in [0.717, 1.165) is 0 Å². The molecule has 0 aromatic carbocycles. The Labute approximate surface area is 115 Å². The summed E-state index contributed by atoms with van der Waals surface area (Å²) in [5.74, 6) is -1.47. The van der Waals surface area contributed by atoms with Crippen LogP contribution < -0.4 is 0 Å². The van der Waals surface area contributed by atoms with E-state index in [2.05, 4.69) is 4.98 Å². The highest BCUT2D eigenvalue weighted by Gasteiger charge is 2.28. The third-order valence-corrected chi connectivity index (χ3v) is 3.04. The first-order chi connectivity index (χ1) is 9.51. The molecule has 2 atom stereocenters. The molecule has 2 unspecified atom stereocenters. The van der Waals surface area contributed by atoms with Crippen LogP contribution in [0.15, 0.2) is 18.3 Å². The lowest BCUT2D eigenvalue weighted by Gasteiger charge is -2.36. The molecule has 20 heavy (non-hydrogen) atoms. The molecule has 0 bridgehead atoms. The Morgan fingerprint density at radius 3 is 2.90 bits per heavy atom. The predicted octanol–water partition coefficient (Wildman–Crippen LogP) is 0.00160. The number of aromatic carboxylic acids is 1. The third-order valence-electron chi connectivity index (χ3n) is 3.04. The number of rotatable bonds is 3. The molecule has 1 fully saturated rings. The number of nitrogens with zero attached hydrogens (tertiary/aromatic N) is 2. The second-order valence-corrected chi connectivity index (χ2v) is 4.70. The van der Waals surface area contributed by atoms with Gasteiger partial charge in [0.05, 0.1) is 18.8 Å². The fourth-order valence-electron chi connectivity index (χ4n) is 2.17. The maximum Gasteiger partial charge on any atom is 0.354 e. The van der Waals surface area contributed by atoms with Crippen LogP contribution in [0.1, 0.15) is 27.8 Å². The van der Waals surface area contributed by atoms with E-state index in [4.69, 9.17) is 14.9 Å². The lowest BCUT2D eigenvalue weighted by molar-refractivity contribution is -0.0858. The molecule has 0 saturated carbocycles. The van der Waals surface area contributed by atoms with Gasteiger partial charge in [0, 0.05) is 24.8 Å². The number of morpholine rings is 1. The minimum atomic E-state index is -1.18. The molecule has 0 aliphatic carbocycles. The number of carbonyl (C=O) groups excluding carboxylic acids is 1. The molecule has 1 saturated heterocycles. The molecular weight excluding hydrogens is 264 g/mol. The molecule has 2 N–H and O–H groups in total. The number of hydrogen-bond acceptors (Lipinski definition) is 5. The monoisotopic (exact) mass is 280 g/mol. The second-order valence-electron chi connectivity index (χ2n) is 4.70. The molecule has 7 heteroatoms. The average molecular weight is 280 g/mol. The fraction of sp³-hybridized carbons (Fsp3) is 0.462. The Morgan fingerprint density at radius 2 is 2.25 bits per heavy atom. The number of pyridine rings is 1. The summed E-state index contributed by atoms with van der Waals surface area (Å²) in [7, 11) is 0. The molecule has 108 valence electrons. The van der Waals surface area contributed by atoms with Gasteiger partial charge in [-0.25, -0.2) is 9.78 Å². The standard InChI is InChI=1S/C13H16N2O5/c1-8-5-15(6-10(7-16)20-8)12(17)9-2-3-14-11(4-9)13(18)19/h2-4,8,10,16H,5-7H2,1H3,(H,18,19). The van der Waals surface area contributed by atoms with Gasteiger partial charge in [0.1, 0.15) is 5.69 Å². The SMILES string of the molecule is CC1CN(C(=O)c2ccnc(C(=O)O)c2)CC(CO)O1. The minimum absolute atomic E-state index is 0.162. The Kier molecular flexibility index (Phi) is 4.31. The first-order valence-corrected chi connectivity index (χ1v) is 6.26. The smallest absolute Gasteiger partial charge is 0.354 e. The maximum absolute atomic E-state index is 12.3. The van der Waals surface area contributed by atoms with Crippen molar-refractivity contribution in [3.8, 4) is 0 Å². The van der Waals surface area contributed by atoms with Crippen molar-refractivity contribution in [2.75, 3.05) is 19.7 Å². The Balaban J connectivity index is 2.18. The van der Waals surface area contributed by atoms with Gasteiger partial charge in [0.25, 0.3) is 5.91 Å². The summed E-state index contributed by atoms with van der Waals surface area (Å²) >= 11 is 0. The van der Waals surface area contributed by atoms with Gasteiger partial charge in [-0.2, -0.15) is 0 Å². The molecule has 1 amide bonds. The second kappa shape index (κ2) is 5.98. The number of amides is 1. The van der Waals surface area contributed by atoms with Crippen molar-refractivity contribution in [1.82, 2.24) is 9.88 Å². The van der Waals surface area contributed by atoms with Gasteiger partial charge in [-0.15, -0.1) is 0 Å². The summed E-state index contributed by atoms with van der Waals surface area (Å²) in [6.07, 6.45) is 0.707. The Hall–Kier alpha value is -1.99. The van der Waals surface area contributed by atoms with Crippen LogP contribution >= 0.6 is 0 Å². The van der Waals surface area contributed by atoms with Crippen molar-refractivity contribution in [2.24, 2.45) is 0 Å². The van der Waals surface area contributed by atoms with Crippen LogP contribution in [-0.4, -0.2) is 63.9 Å². The van der Waals surface area contributed by atoms with Gasteiger partial charge in [0.15, 0.2) is 0 Å². The van der Waals surface area contributed by atoms with Crippen LogP contribution in [0.4, 0.5) is 0 Å². The number of aliphatic hydroxyl groups excluding tert-OH is 1. The summed E-state index contributed by atoms with van der Waals surface area (Å²) in [6.45, 7) is 2.34. The van der Waals surface area contributed by atoms with Crippen LogP contribution in [0, 0.1) is 0 Å². The molecule has 0 spiro atoms. The lowest BCUT2D eigenvalue weighted by atomic mass is 10.1. The molecule has 2 heterocycles. The van der Waals surface area contributed by atoms with Crippen molar-refractivity contribution in [3.05, 3.63) is 29.6 Å². The number of aliphatic hydroxyl groups is 1. The highest BCUT2D eigenvalue weighted by molar-refractivity contribution is 5.96. The van der Waals surface area contributed by atoms with E-state index in [1.54, 1.807) is 4.90 Å². The number of carboxylic acid groups (broad SMARTS) is 1. The molecule has 2 rings (SSSR count). The van der Waals surface area contributed by atoms with Crippen molar-refractivity contribution in [1.29, 1.82) is 0 Å². The highest BCUT2D eigenvalue weighted by atomic mass is 16.5. The number of aromatic nitrogens is 1. The largest absolute Gasteiger partial charge is 0.477 e. The highest BCUT2D eigenvalue weighted by Crippen LogP contribution is 2.14. The van der Waals surface area contributed by atoms with Gasteiger partial charge < -0.3 is 19.8 Å². The van der Waals surface area contributed by atoms with E-state index in [-0.39, 0.29) is 36.4 Å². The molecule has 1 aliphatic heterocycles. The number of ether oxygens (including phenoxy) is 1. The fourth-order valence-corrected chi connectivity index (χ4v) is 2.17. The molecule has 1 aromatic heterocycles. The number of carboxylic acids is 1. The summed E-state index contributed by atoms with van der Waals surface area (Å²) in [4.78, 5) is 28.4. The molecule has 1 aromatic rings. The maximum atomic E-state index is 12.3. The van der Waals surface area contributed by atoms with E-state index in [0.29, 0.717) is 6.54 Å². The van der Waals surface area contributed by atoms with Crippen LogP contribution in [-0.2, 0) is 4.74 Å². The predicted molar refractivity (Wildman–Crippen MR) is 68.5 cm³/mol. The first-order valence-electron chi connectivity index (χ1n) is 6.26. The van der Waals surface area contributed by atoms with E-state index >= 15 is 0 Å². The zero-order chi connectivity index (χ0) is 14.7. The zero-order valence-electron chi connectivity index (χ0n) is 11.0. The van der Waals surface area contributed by atoms with Crippen LogP contribution in [0.5, 0.6) is 0 Å². The van der Waals surface area contributed by atoms with Gasteiger partial charge in [0.2, 0.25) is 0 Å². The van der Waals surface area contributed by atoms with E-state index in [1.165, 1.54) is 18.3 Å². The van der Waals surface area contributed by atoms with Gasteiger partial charge in [-0.05, 0) is 19.1 Å². The van der Waals surface area contributed by atoms with Crippen LogP contribution in [0.2, 0.25) is 0 Å². The molecule has 0 radical (unpaired) electrons. The third kappa shape index (κ3) is 3.12. The summed E-state index contributed by atoms with van der Waals surface area (Å²) in [5, 5.41) is 18.0. The minimum Gasteiger partial charge on any atom is -0.477 e. The normalized spacial score (nSPS) is 22.6.